The van der Waals surface area contributed by atoms with Crippen LogP contribution in [0.1, 0.15) is 200 Å². The Kier molecular flexibility index (Phi) is 35.5. The molecule has 9 heteroatoms. The normalized spacial score (nSPS) is 14.4. The number of hydrogen-bond donors (Lipinski definition) is 4. The van der Waals surface area contributed by atoms with Gasteiger partial charge >= 0.3 is 7.82 Å². The van der Waals surface area contributed by atoms with Crippen LogP contribution in [-0.2, 0) is 18.4 Å². The molecule has 0 aromatic rings. The van der Waals surface area contributed by atoms with Crippen LogP contribution in [-0.4, -0.2) is 47.8 Å². The lowest BCUT2D eigenvalue weighted by atomic mass is 10.0. The molecule has 48 heavy (non-hydrogen) atoms. The maximum Gasteiger partial charge on any atom is 0.472 e. The summed E-state index contributed by atoms with van der Waals surface area (Å²) in [5.41, 5.74) is 5.37. The van der Waals surface area contributed by atoms with Crippen LogP contribution in [0.15, 0.2) is 12.2 Å². The molecule has 0 aliphatic rings. The van der Waals surface area contributed by atoms with Gasteiger partial charge in [-0.15, -0.1) is 0 Å². The predicted octanol–water partition coefficient (Wildman–Crippen LogP) is 10.8. The summed E-state index contributed by atoms with van der Waals surface area (Å²) in [6.45, 7) is 4.20. The van der Waals surface area contributed by atoms with E-state index in [4.69, 9.17) is 14.8 Å². The van der Waals surface area contributed by atoms with Gasteiger partial charge in [-0.2, -0.15) is 0 Å². The SMILES string of the molecule is CCCCCCCC/C=C\CCCCCCCCCC(=O)NC(COP(=O)(O)OCCN)C(O)CCCCCCCCCCCCCC. The van der Waals surface area contributed by atoms with Gasteiger partial charge in [-0.1, -0.05) is 167 Å². The fourth-order valence-corrected chi connectivity index (χ4v) is 6.77. The molecule has 3 atom stereocenters. The van der Waals surface area contributed by atoms with Crippen LogP contribution in [0, 0.1) is 0 Å². The Morgan fingerprint density at radius 1 is 0.667 bits per heavy atom. The molecule has 0 radical (unpaired) electrons. The zero-order valence-corrected chi connectivity index (χ0v) is 32.4. The van der Waals surface area contributed by atoms with Crippen molar-refractivity contribution >= 4 is 13.7 Å². The molecule has 286 valence electrons. The summed E-state index contributed by atoms with van der Waals surface area (Å²) in [5, 5.41) is 13.7. The van der Waals surface area contributed by atoms with Crippen molar-refractivity contribution in [1.29, 1.82) is 0 Å². The number of phosphoric acid groups is 1. The summed E-state index contributed by atoms with van der Waals surface area (Å²) in [6, 6.07) is -0.771. The average molecular weight is 703 g/mol. The molecule has 5 N–H and O–H groups in total. The van der Waals surface area contributed by atoms with E-state index in [9.17, 15) is 19.4 Å². The monoisotopic (exact) mass is 703 g/mol. The fourth-order valence-electron chi connectivity index (χ4n) is 6.01. The summed E-state index contributed by atoms with van der Waals surface area (Å²) in [6.07, 6.45) is 37.8. The molecule has 3 unspecified atom stereocenters. The molecule has 0 fully saturated rings. The highest BCUT2D eigenvalue weighted by Crippen LogP contribution is 2.43. The second kappa shape index (κ2) is 36.0. The third kappa shape index (κ3) is 33.7. The molecular formula is C39H79N2O6P. The average Bonchev–Trinajstić information content (AvgIpc) is 3.07. The van der Waals surface area contributed by atoms with Crippen LogP contribution in [0.4, 0.5) is 0 Å². The highest BCUT2D eigenvalue weighted by molar-refractivity contribution is 7.47. The van der Waals surface area contributed by atoms with E-state index < -0.39 is 20.0 Å². The van der Waals surface area contributed by atoms with E-state index in [2.05, 4.69) is 31.3 Å². The number of allylic oxidation sites excluding steroid dienone is 2. The number of carbonyl (C=O) groups is 1. The zero-order chi connectivity index (χ0) is 35.4. The maximum absolute atomic E-state index is 12.7. The molecule has 0 saturated carbocycles. The maximum atomic E-state index is 12.7. The van der Waals surface area contributed by atoms with Crippen molar-refractivity contribution in [2.75, 3.05) is 19.8 Å². The molecule has 0 saturated heterocycles. The highest BCUT2D eigenvalue weighted by atomic mass is 31.2. The number of amides is 1. The molecular weight excluding hydrogens is 623 g/mol. The largest absolute Gasteiger partial charge is 0.472 e. The molecule has 1 amide bonds. The van der Waals surface area contributed by atoms with Gasteiger partial charge in [0.1, 0.15) is 0 Å². The van der Waals surface area contributed by atoms with Gasteiger partial charge in [0, 0.05) is 13.0 Å². The van der Waals surface area contributed by atoms with Crippen LogP contribution < -0.4 is 11.1 Å². The van der Waals surface area contributed by atoms with E-state index in [1.807, 2.05) is 0 Å². The van der Waals surface area contributed by atoms with E-state index in [1.54, 1.807) is 0 Å². The first-order valence-electron chi connectivity index (χ1n) is 20.3. The molecule has 0 aliphatic carbocycles. The lowest BCUT2D eigenvalue weighted by Crippen LogP contribution is -2.46. The predicted molar refractivity (Wildman–Crippen MR) is 203 cm³/mol. The number of nitrogens with one attached hydrogen (secondary N) is 1. The van der Waals surface area contributed by atoms with Crippen LogP contribution in [0.5, 0.6) is 0 Å². The number of rotatable bonds is 38. The van der Waals surface area contributed by atoms with Gasteiger partial charge in [0.2, 0.25) is 5.91 Å². The van der Waals surface area contributed by atoms with Crippen molar-refractivity contribution in [3.8, 4) is 0 Å². The minimum absolute atomic E-state index is 0.0896. The zero-order valence-electron chi connectivity index (χ0n) is 31.5. The summed E-state index contributed by atoms with van der Waals surface area (Å²) < 4.78 is 22.1. The molecule has 0 aliphatic heterocycles. The lowest BCUT2D eigenvalue weighted by molar-refractivity contribution is -0.123. The highest BCUT2D eigenvalue weighted by Gasteiger charge is 2.27. The quantitative estimate of drug-likeness (QED) is 0.0286. The minimum Gasteiger partial charge on any atom is -0.391 e. The van der Waals surface area contributed by atoms with Gasteiger partial charge in [-0.25, -0.2) is 4.57 Å². The Bertz CT molecular complexity index is 769. The summed E-state index contributed by atoms with van der Waals surface area (Å²) in [4.78, 5) is 22.6. The minimum atomic E-state index is -4.31. The molecule has 8 nitrogen and oxygen atoms in total. The number of carbonyl (C=O) groups excluding carboxylic acids is 1. The lowest BCUT2D eigenvalue weighted by Gasteiger charge is -2.25. The topological polar surface area (TPSA) is 131 Å². The molecule has 0 aromatic carbocycles. The second-order valence-electron chi connectivity index (χ2n) is 13.8. The Labute approximate surface area is 296 Å². The van der Waals surface area contributed by atoms with Crippen molar-refractivity contribution in [3.63, 3.8) is 0 Å². The smallest absolute Gasteiger partial charge is 0.391 e. The number of aliphatic hydroxyl groups excluding tert-OH is 1. The summed E-state index contributed by atoms with van der Waals surface area (Å²) >= 11 is 0. The number of nitrogens with two attached hydrogens (primary N) is 1. The standard InChI is InChI=1S/C39H79N2O6P/c1-3-5-7-9-11-13-15-17-18-19-20-21-23-25-27-29-31-33-39(43)41-37(36-47-48(44,45)46-35-34-40)38(42)32-30-28-26-24-22-16-14-12-10-8-6-4-2/h17-18,37-38,42H,3-16,19-36,40H2,1-2H3,(H,41,43)(H,44,45)/b18-17-. The molecule has 0 heterocycles. The molecule has 0 rings (SSSR count). The number of unbranched alkanes of at least 4 members (excludes halogenated alkanes) is 24. The molecule has 0 bridgehead atoms. The second-order valence-corrected chi connectivity index (χ2v) is 15.3. The Hall–Kier alpha value is -0.760. The van der Waals surface area contributed by atoms with Gasteiger partial charge in [0.05, 0.1) is 25.4 Å². The van der Waals surface area contributed by atoms with E-state index in [1.165, 1.54) is 135 Å². The first-order valence-corrected chi connectivity index (χ1v) is 21.8. The first kappa shape index (κ1) is 47.2. The fraction of sp³-hybridized carbons (Fsp3) is 0.923. The van der Waals surface area contributed by atoms with Crippen molar-refractivity contribution < 1.29 is 28.4 Å². The van der Waals surface area contributed by atoms with Gasteiger partial charge < -0.3 is 21.1 Å². The first-order chi connectivity index (χ1) is 23.4. The van der Waals surface area contributed by atoms with Gasteiger partial charge in [-0.3, -0.25) is 13.8 Å². The van der Waals surface area contributed by atoms with Gasteiger partial charge in [-0.05, 0) is 38.5 Å². The number of phosphoric ester groups is 1. The summed E-state index contributed by atoms with van der Waals surface area (Å²) in [7, 11) is -4.31. The van der Waals surface area contributed by atoms with E-state index in [0.717, 1.165) is 38.5 Å². The van der Waals surface area contributed by atoms with E-state index in [-0.39, 0.29) is 25.7 Å². The van der Waals surface area contributed by atoms with Crippen molar-refractivity contribution in [3.05, 3.63) is 12.2 Å². The Morgan fingerprint density at radius 3 is 1.54 bits per heavy atom. The van der Waals surface area contributed by atoms with Crippen LogP contribution in [0.2, 0.25) is 0 Å². The Morgan fingerprint density at radius 2 is 1.08 bits per heavy atom. The van der Waals surface area contributed by atoms with Gasteiger partial charge in [0.25, 0.3) is 0 Å². The Balaban J connectivity index is 4.18. The number of hydrogen-bond acceptors (Lipinski definition) is 6. The van der Waals surface area contributed by atoms with Crippen LogP contribution in [0.25, 0.3) is 0 Å². The van der Waals surface area contributed by atoms with Crippen LogP contribution >= 0.6 is 7.82 Å². The third-order valence-electron chi connectivity index (χ3n) is 9.12. The van der Waals surface area contributed by atoms with Crippen LogP contribution in [0.3, 0.4) is 0 Å². The third-order valence-corrected chi connectivity index (χ3v) is 10.1. The van der Waals surface area contributed by atoms with E-state index in [0.29, 0.717) is 12.8 Å². The number of aliphatic hydroxyl groups is 1. The summed E-state index contributed by atoms with van der Waals surface area (Å²) in [5.74, 6) is -0.166. The molecule has 0 aromatic heterocycles. The molecule has 0 spiro atoms. The van der Waals surface area contributed by atoms with Gasteiger partial charge in [0.15, 0.2) is 0 Å². The van der Waals surface area contributed by atoms with Crippen molar-refractivity contribution in [2.45, 2.75) is 212 Å². The van der Waals surface area contributed by atoms with E-state index >= 15 is 0 Å². The van der Waals surface area contributed by atoms with Crippen molar-refractivity contribution in [2.24, 2.45) is 5.73 Å². The van der Waals surface area contributed by atoms with Crippen molar-refractivity contribution in [1.82, 2.24) is 5.32 Å².